The molecular formula is C24H18ClF3N2O3. The largest absolute Gasteiger partial charge is 0.465 e. The normalized spacial score (nSPS) is 18.9. The Kier molecular flexibility index (Phi) is 5.08. The van der Waals surface area contributed by atoms with Crippen LogP contribution in [-0.4, -0.2) is 28.8 Å². The highest BCUT2D eigenvalue weighted by molar-refractivity contribution is 6.34. The van der Waals surface area contributed by atoms with E-state index in [4.69, 9.17) is 16.3 Å². The second kappa shape index (κ2) is 7.73. The van der Waals surface area contributed by atoms with Crippen LogP contribution in [0.4, 0.5) is 13.2 Å². The van der Waals surface area contributed by atoms with Gasteiger partial charge in [0, 0.05) is 17.0 Å². The van der Waals surface area contributed by atoms with Crippen molar-refractivity contribution in [2.45, 2.75) is 37.3 Å². The van der Waals surface area contributed by atoms with Gasteiger partial charge in [0.15, 0.2) is 0 Å². The fraction of sp³-hybridized carbons (Fsp3) is 0.292. The summed E-state index contributed by atoms with van der Waals surface area (Å²) in [6.07, 6.45) is -2.11. The van der Waals surface area contributed by atoms with Crippen LogP contribution in [0.15, 0.2) is 42.5 Å². The van der Waals surface area contributed by atoms with Crippen LogP contribution in [0.5, 0.6) is 0 Å². The predicted octanol–water partition coefficient (Wildman–Crippen LogP) is 6.06. The van der Waals surface area contributed by atoms with Crippen molar-refractivity contribution in [3.05, 3.63) is 75.4 Å². The van der Waals surface area contributed by atoms with Gasteiger partial charge in [-0.25, -0.2) is 4.79 Å². The third kappa shape index (κ3) is 3.44. The quantitative estimate of drug-likeness (QED) is 0.433. The summed E-state index contributed by atoms with van der Waals surface area (Å²) in [6, 6.07) is 9.88. The molecule has 0 saturated heterocycles. The molecule has 5 nitrogen and oxygen atoms in total. The first-order valence-electron chi connectivity index (χ1n) is 10.4. The molecule has 0 radical (unpaired) electrons. The zero-order valence-corrected chi connectivity index (χ0v) is 18.2. The van der Waals surface area contributed by atoms with Crippen LogP contribution in [0.1, 0.15) is 68.6 Å². The first-order valence-corrected chi connectivity index (χ1v) is 10.8. The van der Waals surface area contributed by atoms with Gasteiger partial charge in [0.25, 0.3) is 5.91 Å². The van der Waals surface area contributed by atoms with Crippen LogP contribution >= 0.6 is 11.6 Å². The van der Waals surface area contributed by atoms with Gasteiger partial charge in [0.05, 0.1) is 40.2 Å². The van der Waals surface area contributed by atoms with E-state index in [2.05, 4.69) is 5.10 Å². The van der Waals surface area contributed by atoms with E-state index in [0.717, 1.165) is 35.6 Å². The van der Waals surface area contributed by atoms with Gasteiger partial charge in [-0.05, 0) is 49.4 Å². The molecule has 2 aromatic carbocycles. The average Bonchev–Trinajstić information content (AvgIpc) is 3.50. The summed E-state index contributed by atoms with van der Waals surface area (Å²) in [7, 11) is 1.29. The molecule has 1 saturated carbocycles. The second-order valence-electron chi connectivity index (χ2n) is 8.30. The van der Waals surface area contributed by atoms with Crippen LogP contribution < -0.4 is 0 Å². The molecule has 170 valence electrons. The SMILES string of the molecule is COC(=O)c1ccc(-c2nn(C(=O)c3c(Cl)cccc3C(F)(F)F)c3c2C2CCC3C2)cc1. The van der Waals surface area contributed by atoms with Crippen LogP contribution in [0.3, 0.4) is 0 Å². The number of alkyl halides is 3. The molecular weight excluding hydrogens is 457 g/mol. The number of aromatic nitrogens is 2. The maximum absolute atomic E-state index is 13.7. The van der Waals surface area contributed by atoms with Crippen LogP contribution in [0.25, 0.3) is 11.3 Å². The van der Waals surface area contributed by atoms with E-state index < -0.39 is 29.2 Å². The third-order valence-corrected chi connectivity index (χ3v) is 6.81. The molecule has 0 aliphatic heterocycles. The molecule has 2 atom stereocenters. The number of esters is 1. The van der Waals surface area contributed by atoms with E-state index in [1.54, 1.807) is 24.3 Å². The summed E-state index contributed by atoms with van der Waals surface area (Å²) >= 11 is 6.09. The van der Waals surface area contributed by atoms with Gasteiger partial charge >= 0.3 is 12.1 Å². The number of halogens is 4. The summed E-state index contributed by atoms with van der Waals surface area (Å²) < 4.78 is 46.8. The summed E-state index contributed by atoms with van der Waals surface area (Å²) in [5.74, 6) is -1.13. The van der Waals surface area contributed by atoms with Gasteiger partial charge < -0.3 is 4.74 Å². The lowest BCUT2D eigenvalue weighted by Gasteiger charge is -2.16. The highest BCUT2D eigenvalue weighted by atomic mass is 35.5. The predicted molar refractivity (Wildman–Crippen MR) is 115 cm³/mol. The first-order chi connectivity index (χ1) is 15.7. The fourth-order valence-electron chi connectivity index (χ4n) is 5.06. The molecule has 1 heterocycles. The van der Waals surface area contributed by atoms with Crippen molar-refractivity contribution in [3.63, 3.8) is 0 Å². The van der Waals surface area contributed by atoms with Crippen molar-refractivity contribution in [1.82, 2.24) is 9.78 Å². The molecule has 1 aromatic heterocycles. The van der Waals surface area contributed by atoms with Crippen molar-refractivity contribution in [2.24, 2.45) is 0 Å². The molecule has 2 unspecified atom stereocenters. The minimum atomic E-state index is -4.74. The van der Waals surface area contributed by atoms with Gasteiger partial charge in [-0.3, -0.25) is 4.79 Å². The van der Waals surface area contributed by atoms with E-state index in [-0.39, 0.29) is 16.9 Å². The van der Waals surface area contributed by atoms with Crippen LogP contribution in [0, 0.1) is 0 Å². The van der Waals surface area contributed by atoms with Crippen LogP contribution in [-0.2, 0) is 10.9 Å². The topological polar surface area (TPSA) is 61.2 Å². The Morgan fingerprint density at radius 2 is 1.79 bits per heavy atom. The summed E-state index contributed by atoms with van der Waals surface area (Å²) in [5.41, 5.74) is 1.45. The lowest BCUT2D eigenvalue weighted by molar-refractivity contribution is -0.137. The third-order valence-electron chi connectivity index (χ3n) is 6.49. The molecule has 5 rings (SSSR count). The minimum absolute atomic E-state index is 0.0568. The van der Waals surface area contributed by atoms with Crippen molar-refractivity contribution in [1.29, 1.82) is 0 Å². The van der Waals surface area contributed by atoms with Gasteiger partial charge in [0.1, 0.15) is 0 Å². The first kappa shape index (κ1) is 21.7. The number of methoxy groups -OCH3 is 1. The summed E-state index contributed by atoms with van der Waals surface area (Å²) in [4.78, 5) is 25.2. The Hall–Kier alpha value is -3.13. The van der Waals surface area contributed by atoms with Crippen LogP contribution in [0.2, 0.25) is 5.02 Å². The zero-order valence-electron chi connectivity index (χ0n) is 17.4. The standard InChI is InChI=1S/C24H18ClF3N2O3/c1-33-23(32)13-7-5-12(6-8-13)20-18-14-9-10-15(11-14)21(18)30(29-20)22(31)19-16(24(26,27)28)3-2-4-17(19)25/h2-8,14-15H,9-11H2,1H3. The van der Waals surface area contributed by atoms with Gasteiger partial charge in [-0.2, -0.15) is 23.0 Å². The number of carbonyl (C=O) groups is 2. The monoisotopic (exact) mass is 474 g/mol. The maximum atomic E-state index is 13.7. The van der Waals surface area contributed by atoms with E-state index in [0.29, 0.717) is 22.5 Å². The smallest absolute Gasteiger partial charge is 0.417 e. The van der Waals surface area contributed by atoms with E-state index >= 15 is 0 Å². The maximum Gasteiger partial charge on any atom is 0.417 e. The Labute approximate surface area is 192 Å². The number of ether oxygens (including phenoxy) is 1. The fourth-order valence-corrected chi connectivity index (χ4v) is 5.32. The lowest BCUT2D eigenvalue weighted by atomic mass is 9.93. The number of rotatable bonds is 3. The number of hydrogen-bond donors (Lipinski definition) is 0. The molecule has 3 aromatic rings. The van der Waals surface area contributed by atoms with E-state index in [1.807, 2.05) is 0 Å². The number of nitrogens with zero attached hydrogens (tertiary/aromatic N) is 2. The van der Waals surface area contributed by atoms with Gasteiger partial charge in [0.2, 0.25) is 0 Å². The Balaban J connectivity index is 1.65. The Morgan fingerprint density at radius 3 is 2.45 bits per heavy atom. The van der Waals surface area contributed by atoms with E-state index in [9.17, 15) is 22.8 Å². The molecule has 0 spiro atoms. The van der Waals surface area contributed by atoms with Crippen molar-refractivity contribution < 1.29 is 27.5 Å². The molecule has 0 N–H and O–H groups in total. The summed E-state index contributed by atoms with van der Waals surface area (Å²) in [6.45, 7) is 0. The number of carbonyl (C=O) groups excluding carboxylic acids is 2. The summed E-state index contributed by atoms with van der Waals surface area (Å²) in [5, 5.41) is 4.23. The highest BCUT2D eigenvalue weighted by Gasteiger charge is 2.45. The Bertz CT molecular complexity index is 1280. The highest BCUT2D eigenvalue weighted by Crippen LogP contribution is 2.56. The molecule has 0 amide bonds. The molecule has 2 aliphatic carbocycles. The molecule has 2 bridgehead atoms. The molecule has 2 aliphatic rings. The minimum Gasteiger partial charge on any atom is -0.465 e. The van der Waals surface area contributed by atoms with E-state index in [1.165, 1.54) is 19.2 Å². The van der Waals surface area contributed by atoms with Gasteiger partial charge in [-0.1, -0.05) is 29.8 Å². The van der Waals surface area contributed by atoms with Gasteiger partial charge in [-0.15, -0.1) is 0 Å². The second-order valence-corrected chi connectivity index (χ2v) is 8.71. The zero-order chi connectivity index (χ0) is 23.5. The molecule has 9 heteroatoms. The Morgan fingerprint density at radius 1 is 1.09 bits per heavy atom. The number of benzene rings is 2. The molecule has 33 heavy (non-hydrogen) atoms. The number of hydrogen-bond acceptors (Lipinski definition) is 4. The van der Waals surface area contributed by atoms with Crippen molar-refractivity contribution in [2.75, 3.05) is 7.11 Å². The lowest BCUT2D eigenvalue weighted by Crippen LogP contribution is -2.22. The van der Waals surface area contributed by atoms with Crippen molar-refractivity contribution >= 4 is 23.5 Å². The molecule has 1 fully saturated rings. The van der Waals surface area contributed by atoms with Crippen molar-refractivity contribution in [3.8, 4) is 11.3 Å². The number of fused-ring (bicyclic) bond motifs is 5. The average molecular weight is 475 g/mol.